The fourth-order valence-electron chi connectivity index (χ4n) is 6.00. The largest absolute Gasteiger partial charge is 0.482 e. The first-order valence-electron chi connectivity index (χ1n) is 15.4. The van der Waals surface area contributed by atoms with Gasteiger partial charge in [0, 0.05) is 70.3 Å². The van der Waals surface area contributed by atoms with Crippen molar-refractivity contribution in [1.29, 1.82) is 0 Å². The Morgan fingerprint density at radius 1 is 1.02 bits per heavy atom. The predicted molar refractivity (Wildman–Crippen MR) is 169 cm³/mol. The lowest BCUT2D eigenvalue weighted by Gasteiger charge is -2.41. The van der Waals surface area contributed by atoms with Crippen molar-refractivity contribution in [3.05, 3.63) is 95.5 Å². The molecular weight excluding hydrogens is 557 g/mol. The normalized spacial score (nSPS) is 16.3. The molecule has 0 saturated carbocycles. The minimum absolute atomic E-state index is 0.0926. The molecule has 0 atom stereocenters. The lowest BCUT2D eigenvalue weighted by molar-refractivity contribution is 0.0373. The predicted octanol–water partition coefficient (Wildman–Crippen LogP) is 5.44. The van der Waals surface area contributed by atoms with Gasteiger partial charge in [-0.1, -0.05) is 51.1 Å². The highest BCUT2D eigenvalue weighted by atomic mass is 19.1. The molecule has 0 bridgehead atoms. The molecule has 1 amide bonds. The van der Waals surface area contributed by atoms with Gasteiger partial charge in [-0.05, 0) is 40.8 Å². The highest BCUT2D eigenvalue weighted by Crippen LogP contribution is 2.42. The van der Waals surface area contributed by atoms with E-state index >= 15 is 4.39 Å². The van der Waals surface area contributed by atoms with Crippen LogP contribution >= 0.6 is 0 Å². The maximum absolute atomic E-state index is 15.3. The van der Waals surface area contributed by atoms with Crippen LogP contribution in [0.25, 0.3) is 0 Å². The van der Waals surface area contributed by atoms with Crippen LogP contribution in [0.4, 0.5) is 15.9 Å². The van der Waals surface area contributed by atoms with E-state index in [0.717, 1.165) is 43.0 Å². The van der Waals surface area contributed by atoms with E-state index in [2.05, 4.69) is 80.3 Å². The number of aromatic nitrogens is 4. The average molecular weight is 598 g/mol. The van der Waals surface area contributed by atoms with Crippen LogP contribution in [0.15, 0.2) is 67.1 Å². The number of nitrogens with zero attached hydrogens (tertiary/aromatic N) is 5. The number of ether oxygens (including phenoxy) is 1. The zero-order chi connectivity index (χ0) is 30.7. The fraction of sp³-hybridized carbons (Fsp3) is 0.412. The number of halogens is 1. The number of piperidine rings is 1. The molecule has 1 spiro atoms. The number of H-pyrrole nitrogens is 1. The summed E-state index contributed by atoms with van der Waals surface area (Å²) in [5.74, 6) is 0.467. The highest BCUT2D eigenvalue weighted by molar-refractivity contribution is 5.92. The van der Waals surface area contributed by atoms with Gasteiger partial charge < -0.3 is 24.8 Å². The molecular formula is C34H40FN7O2. The molecule has 44 heavy (non-hydrogen) atoms. The molecule has 2 N–H and O–H groups in total. The smallest absolute Gasteiger partial charge is 0.271 e. The van der Waals surface area contributed by atoms with E-state index in [0.29, 0.717) is 38.3 Å². The molecule has 2 aromatic heterocycles. The summed E-state index contributed by atoms with van der Waals surface area (Å²) >= 11 is 0. The second-order valence-corrected chi connectivity index (χ2v) is 12.8. The van der Waals surface area contributed by atoms with Crippen molar-refractivity contribution in [2.45, 2.75) is 64.0 Å². The molecule has 1 saturated heterocycles. The number of imidazole rings is 1. The molecule has 2 aliphatic rings. The van der Waals surface area contributed by atoms with Crippen molar-refractivity contribution in [2.24, 2.45) is 0 Å². The minimum atomic E-state index is -0.472. The van der Waals surface area contributed by atoms with Crippen molar-refractivity contribution in [1.82, 2.24) is 25.5 Å². The van der Waals surface area contributed by atoms with Gasteiger partial charge in [-0.2, -0.15) is 0 Å². The Bertz CT molecular complexity index is 1560. The summed E-state index contributed by atoms with van der Waals surface area (Å²) in [6.45, 7) is 9.96. The second-order valence-electron chi connectivity index (χ2n) is 12.8. The Morgan fingerprint density at radius 2 is 1.80 bits per heavy atom. The molecule has 10 heteroatoms. The lowest BCUT2D eigenvalue weighted by Crippen LogP contribution is -2.49. The zero-order valence-corrected chi connectivity index (χ0v) is 25.6. The van der Waals surface area contributed by atoms with Gasteiger partial charge in [0.2, 0.25) is 0 Å². The van der Waals surface area contributed by atoms with Crippen LogP contribution in [0, 0.1) is 5.82 Å². The lowest BCUT2D eigenvalue weighted by atomic mass is 9.86. The minimum Gasteiger partial charge on any atom is -0.482 e. The first kappa shape index (κ1) is 29.6. The standard InChI is InChI=1S/C34H40FN7O2/c1-33(2,3)25-9-7-24(8-10-25)22-42-20-16-34(44-31-27(35)5-4-6-29(31)42)14-18-41(19-15-34)30-12-11-28(39-40-30)32(43)37-17-13-26-21-36-23-38-26/h4-12,21,23H,13-20,22H2,1-3H3,(H,36,38)(H,37,43). The summed E-state index contributed by atoms with van der Waals surface area (Å²) in [6.07, 6.45) is 6.26. The number of fused-ring (bicyclic) bond motifs is 1. The number of anilines is 2. The molecule has 4 aromatic rings. The van der Waals surface area contributed by atoms with E-state index in [9.17, 15) is 4.79 Å². The zero-order valence-electron chi connectivity index (χ0n) is 25.6. The van der Waals surface area contributed by atoms with E-state index in [1.165, 1.54) is 17.2 Å². The number of hydrogen-bond acceptors (Lipinski definition) is 7. The van der Waals surface area contributed by atoms with E-state index in [1.807, 2.05) is 12.1 Å². The molecule has 230 valence electrons. The van der Waals surface area contributed by atoms with Crippen LogP contribution in [0.3, 0.4) is 0 Å². The van der Waals surface area contributed by atoms with Crippen LogP contribution in [0.5, 0.6) is 5.75 Å². The van der Waals surface area contributed by atoms with Gasteiger partial charge in [0.1, 0.15) is 5.60 Å². The molecule has 0 unspecified atom stereocenters. The fourth-order valence-corrected chi connectivity index (χ4v) is 6.00. The summed E-state index contributed by atoms with van der Waals surface area (Å²) in [5.41, 5.74) is 4.13. The van der Waals surface area contributed by atoms with E-state index in [1.54, 1.807) is 24.7 Å². The summed E-state index contributed by atoms with van der Waals surface area (Å²) < 4.78 is 21.9. The number of nitrogens with one attached hydrogen (secondary N) is 2. The Morgan fingerprint density at radius 3 is 2.48 bits per heavy atom. The van der Waals surface area contributed by atoms with Crippen LogP contribution < -0.4 is 19.9 Å². The maximum atomic E-state index is 15.3. The van der Waals surface area contributed by atoms with Gasteiger partial charge in [0.25, 0.3) is 5.91 Å². The first-order chi connectivity index (χ1) is 21.2. The van der Waals surface area contributed by atoms with E-state index in [4.69, 9.17) is 4.74 Å². The molecule has 9 nitrogen and oxygen atoms in total. The molecule has 2 aromatic carbocycles. The number of amides is 1. The number of aromatic amines is 1. The Kier molecular flexibility index (Phi) is 8.25. The van der Waals surface area contributed by atoms with Crippen molar-refractivity contribution in [3.63, 3.8) is 0 Å². The van der Waals surface area contributed by atoms with Gasteiger partial charge in [-0.25, -0.2) is 9.37 Å². The number of hydrogen-bond donors (Lipinski definition) is 2. The van der Waals surface area contributed by atoms with E-state index < -0.39 is 5.60 Å². The highest BCUT2D eigenvalue weighted by Gasteiger charge is 2.41. The van der Waals surface area contributed by atoms with Crippen molar-refractivity contribution in [3.8, 4) is 5.75 Å². The quantitative estimate of drug-likeness (QED) is 0.293. The molecule has 0 aliphatic carbocycles. The molecule has 2 aliphatic heterocycles. The second kappa shape index (κ2) is 12.3. The summed E-state index contributed by atoms with van der Waals surface area (Å²) in [4.78, 5) is 23.9. The van der Waals surface area contributed by atoms with Crippen molar-refractivity contribution in [2.75, 3.05) is 36.0 Å². The molecule has 1 fully saturated rings. The van der Waals surface area contributed by atoms with Crippen molar-refractivity contribution >= 4 is 17.4 Å². The van der Waals surface area contributed by atoms with Crippen molar-refractivity contribution < 1.29 is 13.9 Å². The number of carbonyl (C=O) groups excluding carboxylic acids is 1. The number of rotatable bonds is 7. The molecule has 4 heterocycles. The van der Waals surface area contributed by atoms with Gasteiger partial charge in [0.05, 0.1) is 12.0 Å². The third kappa shape index (κ3) is 6.54. The van der Waals surface area contributed by atoms with Gasteiger partial charge in [-0.15, -0.1) is 10.2 Å². The summed E-state index contributed by atoms with van der Waals surface area (Å²) in [6, 6.07) is 17.5. The number of benzene rings is 2. The third-order valence-corrected chi connectivity index (χ3v) is 8.75. The maximum Gasteiger partial charge on any atom is 0.271 e. The Hall–Kier alpha value is -4.47. The van der Waals surface area contributed by atoms with Gasteiger partial charge >= 0.3 is 0 Å². The average Bonchev–Trinajstić information content (AvgIpc) is 3.49. The summed E-state index contributed by atoms with van der Waals surface area (Å²) in [5, 5.41) is 11.4. The van der Waals surface area contributed by atoms with Gasteiger partial charge in [-0.3, -0.25) is 4.79 Å². The monoisotopic (exact) mass is 597 g/mol. The van der Waals surface area contributed by atoms with Gasteiger partial charge in [0.15, 0.2) is 23.1 Å². The number of carbonyl (C=O) groups is 1. The molecule has 6 rings (SSSR count). The summed E-state index contributed by atoms with van der Waals surface area (Å²) in [7, 11) is 0. The topological polar surface area (TPSA) is 99.3 Å². The number of para-hydroxylation sites is 1. The van der Waals surface area contributed by atoms with E-state index in [-0.39, 0.29) is 22.8 Å². The Balaban J connectivity index is 1.09. The third-order valence-electron chi connectivity index (χ3n) is 8.75. The van der Waals surface area contributed by atoms with Crippen LogP contribution in [0.2, 0.25) is 0 Å². The van der Waals surface area contributed by atoms with Crippen LogP contribution in [-0.2, 0) is 18.4 Å². The van der Waals surface area contributed by atoms with Crippen LogP contribution in [0.1, 0.15) is 67.3 Å². The Labute approximate surface area is 257 Å². The first-order valence-corrected chi connectivity index (χ1v) is 15.4. The van der Waals surface area contributed by atoms with Crippen LogP contribution in [-0.4, -0.2) is 57.9 Å². The SMILES string of the molecule is CC(C)(C)c1ccc(CN2CCC3(CCN(c4ccc(C(=O)NCCc5cnc[nH]5)nn4)CC3)Oc3c(F)cccc32)cc1. The molecule has 0 radical (unpaired) electrons.